The summed E-state index contributed by atoms with van der Waals surface area (Å²) < 4.78 is 5.22. The molecule has 1 unspecified atom stereocenters. The fourth-order valence-electron chi connectivity index (χ4n) is 2.22. The minimum absolute atomic E-state index is 0.0330. The molecule has 0 bridgehead atoms. The van der Waals surface area contributed by atoms with Gasteiger partial charge in [0.05, 0.1) is 12.7 Å². The van der Waals surface area contributed by atoms with Crippen LogP contribution in [-0.2, 0) is 11.3 Å². The Labute approximate surface area is 132 Å². The molecular formula is C17H27NO4. The summed E-state index contributed by atoms with van der Waals surface area (Å²) in [5.41, 5.74) is 1.24. The number of carbonyl (C=O) groups excluding carboxylic acids is 1. The van der Waals surface area contributed by atoms with Gasteiger partial charge in [-0.15, -0.1) is 0 Å². The molecule has 5 heteroatoms. The standard InChI is InChI=1S/C17H27NO4/c1-12(20)8-15(10-18-16(21)22-17(2,3)4)14-7-5-6-13(9-14)11-19/h5-7,9,12,15,19-20H,8,10-11H2,1-4H3,(H,18,21)/t12?,15-/m1/s1. The molecule has 0 aliphatic heterocycles. The van der Waals surface area contributed by atoms with E-state index in [-0.39, 0.29) is 12.5 Å². The summed E-state index contributed by atoms with van der Waals surface area (Å²) in [6, 6.07) is 7.53. The summed E-state index contributed by atoms with van der Waals surface area (Å²) in [7, 11) is 0. The second-order valence-corrected chi connectivity index (χ2v) is 6.57. The van der Waals surface area contributed by atoms with Crippen molar-refractivity contribution in [2.24, 2.45) is 0 Å². The number of aliphatic hydroxyl groups is 2. The van der Waals surface area contributed by atoms with E-state index in [1.807, 2.05) is 45.0 Å². The van der Waals surface area contributed by atoms with Crippen LogP contribution in [0.5, 0.6) is 0 Å². The Balaban J connectivity index is 2.74. The van der Waals surface area contributed by atoms with Crippen molar-refractivity contribution in [2.75, 3.05) is 6.54 Å². The number of amides is 1. The number of aliphatic hydroxyl groups excluding tert-OH is 2. The molecule has 2 atom stereocenters. The van der Waals surface area contributed by atoms with E-state index in [4.69, 9.17) is 4.74 Å². The molecule has 0 saturated heterocycles. The maximum Gasteiger partial charge on any atom is 0.407 e. The molecule has 3 N–H and O–H groups in total. The lowest BCUT2D eigenvalue weighted by Gasteiger charge is -2.23. The van der Waals surface area contributed by atoms with Crippen molar-refractivity contribution < 1.29 is 19.7 Å². The van der Waals surface area contributed by atoms with Gasteiger partial charge in [0.25, 0.3) is 0 Å². The van der Waals surface area contributed by atoms with E-state index in [2.05, 4.69) is 5.32 Å². The van der Waals surface area contributed by atoms with E-state index in [0.717, 1.165) is 11.1 Å². The van der Waals surface area contributed by atoms with Gasteiger partial charge < -0.3 is 20.3 Å². The summed E-state index contributed by atoms with van der Waals surface area (Å²) in [5.74, 6) is -0.0426. The largest absolute Gasteiger partial charge is 0.444 e. The lowest BCUT2D eigenvalue weighted by Crippen LogP contribution is -2.35. The van der Waals surface area contributed by atoms with Crippen LogP contribution >= 0.6 is 0 Å². The Morgan fingerprint density at radius 3 is 2.59 bits per heavy atom. The maximum atomic E-state index is 11.8. The van der Waals surface area contributed by atoms with Gasteiger partial charge in [0.1, 0.15) is 5.60 Å². The Hall–Kier alpha value is -1.59. The summed E-state index contributed by atoms with van der Waals surface area (Å²) in [6.07, 6.45) is -0.436. The fourth-order valence-corrected chi connectivity index (χ4v) is 2.22. The molecule has 124 valence electrons. The lowest BCUT2D eigenvalue weighted by atomic mass is 9.92. The number of benzene rings is 1. The molecule has 1 rings (SSSR count). The van der Waals surface area contributed by atoms with Crippen LogP contribution in [0, 0.1) is 0 Å². The Morgan fingerprint density at radius 1 is 1.36 bits per heavy atom. The van der Waals surface area contributed by atoms with Gasteiger partial charge in [0, 0.05) is 12.5 Å². The van der Waals surface area contributed by atoms with Crippen LogP contribution in [0.1, 0.15) is 51.2 Å². The van der Waals surface area contributed by atoms with Crippen LogP contribution < -0.4 is 5.32 Å². The number of hydrogen-bond acceptors (Lipinski definition) is 4. The highest BCUT2D eigenvalue weighted by atomic mass is 16.6. The average molecular weight is 309 g/mol. The lowest BCUT2D eigenvalue weighted by molar-refractivity contribution is 0.0520. The third kappa shape index (κ3) is 6.91. The number of nitrogens with one attached hydrogen (secondary N) is 1. The van der Waals surface area contributed by atoms with Crippen LogP contribution in [-0.4, -0.2) is 34.6 Å². The third-order valence-corrected chi connectivity index (χ3v) is 3.12. The SMILES string of the molecule is CC(O)C[C@H](CNC(=O)OC(C)(C)C)c1cccc(CO)c1. The highest BCUT2D eigenvalue weighted by Crippen LogP contribution is 2.22. The zero-order chi connectivity index (χ0) is 16.8. The minimum Gasteiger partial charge on any atom is -0.444 e. The number of carbonyl (C=O) groups is 1. The molecule has 0 fully saturated rings. The normalized spacial score (nSPS) is 14.3. The van der Waals surface area contributed by atoms with Crippen molar-refractivity contribution >= 4 is 6.09 Å². The van der Waals surface area contributed by atoms with Gasteiger partial charge in [-0.3, -0.25) is 0 Å². The van der Waals surface area contributed by atoms with Gasteiger partial charge in [0.15, 0.2) is 0 Å². The number of hydrogen-bond donors (Lipinski definition) is 3. The molecule has 0 saturated carbocycles. The van der Waals surface area contributed by atoms with Crippen LogP contribution in [0.3, 0.4) is 0 Å². The van der Waals surface area contributed by atoms with E-state index in [9.17, 15) is 15.0 Å². The molecule has 0 spiro atoms. The van der Waals surface area contributed by atoms with Crippen molar-refractivity contribution in [1.82, 2.24) is 5.32 Å². The molecule has 0 aliphatic carbocycles. The minimum atomic E-state index is -0.541. The smallest absolute Gasteiger partial charge is 0.407 e. The zero-order valence-electron chi connectivity index (χ0n) is 13.8. The molecule has 1 aromatic carbocycles. The number of alkyl carbamates (subject to hydrolysis) is 1. The quantitative estimate of drug-likeness (QED) is 0.754. The van der Waals surface area contributed by atoms with E-state index in [1.54, 1.807) is 6.92 Å². The third-order valence-electron chi connectivity index (χ3n) is 3.12. The predicted octanol–water partition coefficient (Wildman–Crippen LogP) is 2.56. The molecule has 0 aromatic heterocycles. The van der Waals surface area contributed by atoms with Gasteiger partial charge >= 0.3 is 6.09 Å². The highest BCUT2D eigenvalue weighted by molar-refractivity contribution is 5.67. The second kappa shape index (κ2) is 8.15. The van der Waals surface area contributed by atoms with Gasteiger partial charge in [-0.2, -0.15) is 0 Å². The van der Waals surface area contributed by atoms with E-state index in [1.165, 1.54) is 0 Å². The van der Waals surface area contributed by atoms with Crippen LogP contribution in [0.15, 0.2) is 24.3 Å². The van der Waals surface area contributed by atoms with Crippen LogP contribution in [0.25, 0.3) is 0 Å². The first-order chi connectivity index (χ1) is 10.2. The molecule has 0 radical (unpaired) electrons. The molecular weight excluding hydrogens is 282 g/mol. The Bertz CT molecular complexity index is 480. The van der Waals surface area contributed by atoms with Gasteiger partial charge in [0.2, 0.25) is 0 Å². The zero-order valence-corrected chi connectivity index (χ0v) is 13.8. The molecule has 22 heavy (non-hydrogen) atoms. The van der Waals surface area contributed by atoms with Crippen molar-refractivity contribution in [3.05, 3.63) is 35.4 Å². The second-order valence-electron chi connectivity index (χ2n) is 6.57. The average Bonchev–Trinajstić information content (AvgIpc) is 2.41. The molecule has 5 nitrogen and oxygen atoms in total. The monoisotopic (exact) mass is 309 g/mol. The van der Waals surface area contributed by atoms with Crippen molar-refractivity contribution in [2.45, 2.75) is 58.3 Å². The number of rotatable bonds is 6. The van der Waals surface area contributed by atoms with Crippen LogP contribution in [0.4, 0.5) is 4.79 Å². The Morgan fingerprint density at radius 2 is 2.05 bits per heavy atom. The molecule has 1 amide bonds. The summed E-state index contributed by atoms with van der Waals surface area (Å²) in [6.45, 7) is 7.49. The van der Waals surface area contributed by atoms with Gasteiger partial charge in [-0.05, 0) is 45.2 Å². The first kappa shape index (κ1) is 18.5. The summed E-state index contributed by atoms with van der Waals surface area (Å²) in [5, 5.41) is 21.6. The summed E-state index contributed by atoms with van der Waals surface area (Å²) >= 11 is 0. The van der Waals surface area contributed by atoms with E-state index in [0.29, 0.717) is 13.0 Å². The predicted molar refractivity (Wildman–Crippen MR) is 85.6 cm³/mol. The summed E-state index contributed by atoms with van der Waals surface area (Å²) in [4.78, 5) is 11.8. The number of ether oxygens (including phenoxy) is 1. The molecule has 1 aromatic rings. The topological polar surface area (TPSA) is 78.8 Å². The fraction of sp³-hybridized carbons (Fsp3) is 0.588. The van der Waals surface area contributed by atoms with Crippen molar-refractivity contribution in [3.63, 3.8) is 0 Å². The van der Waals surface area contributed by atoms with Gasteiger partial charge in [-0.1, -0.05) is 24.3 Å². The molecule has 0 aliphatic rings. The Kier molecular flexibility index (Phi) is 6.84. The highest BCUT2D eigenvalue weighted by Gasteiger charge is 2.19. The van der Waals surface area contributed by atoms with E-state index < -0.39 is 17.8 Å². The first-order valence-electron chi connectivity index (χ1n) is 7.56. The first-order valence-corrected chi connectivity index (χ1v) is 7.56. The van der Waals surface area contributed by atoms with Gasteiger partial charge in [-0.25, -0.2) is 4.79 Å². The van der Waals surface area contributed by atoms with E-state index >= 15 is 0 Å². The van der Waals surface area contributed by atoms with Crippen LogP contribution in [0.2, 0.25) is 0 Å². The van der Waals surface area contributed by atoms with Crippen molar-refractivity contribution in [1.29, 1.82) is 0 Å². The maximum absolute atomic E-state index is 11.8. The molecule has 0 heterocycles. The van der Waals surface area contributed by atoms with Crippen molar-refractivity contribution in [3.8, 4) is 0 Å².